The van der Waals surface area contributed by atoms with Crippen molar-refractivity contribution in [3.8, 4) is 0 Å². The molecule has 0 amide bonds. The fraction of sp³-hybridized carbons (Fsp3) is 1.00. The highest BCUT2D eigenvalue weighted by molar-refractivity contribution is 4.96. The molecule has 5 N–H and O–H groups in total. The summed E-state index contributed by atoms with van der Waals surface area (Å²) in [6.45, 7) is 1.43. The molecule has 5 heteroatoms. The largest absolute Gasteiger partial charge is 0.395 e. The van der Waals surface area contributed by atoms with Gasteiger partial charge in [0.05, 0.1) is 24.9 Å². The third kappa shape index (κ3) is 1.60. The van der Waals surface area contributed by atoms with Crippen molar-refractivity contribution in [3.05, 3.63) is 0 Å². The van der Waals surface area contributed by atoms with E-state index in [1.54, 1.807) is 6.92 Å². The first-order chi connectivity index (χ1) is 5.57. The molecule has 0 spiro atoms. The molecular weight excluding hydrogens is 162 g/mol. The Kier molecular flexibility index (Phi) is 3.03. The summed E-state index contributed by atoms with van der Waals surface area (Å²) in [6.07, 6.45) is -3.28. The maximum absolute atomic E-state index is 9.29. The molecule has 1 saturated heterocycles. The summed E-state index contributed by atoms with van der Waals surface area (Å²) in [5, 5.41) is 39.4. The SMILES string of the molecule is C[C@H]1N[C@@H](CO)[C@@H](O)[C@H](O)[C@@H]1O. The number of hydrogen-bond donors (Lipinski definition) is 5. The molecule has 1 aliphatic heterocycles. The van der Waals surface area contributed by atoms with E-state index in [-0.39, 0.29) is 12.6 Å². The number of aliphatic hydroxyl groups excluding tert-OH is 4. The fourth-order valence-electron chi connectivity index (χ4n) is 1.43. The molecule has 0 bridgehead atoms. The summed E-state index contributed by atoms with van der Waals surface area (Å²) in [7, 11) is 0. The first-order valence-electron chi connectivity index (χ1n) is 3.99. The summed E-state index contributed by atoms with van der Waals surface area (Å²) in [5.41, 5.74) is 0. The van der Waals surface area contributed by atoms with Crippen LogP contribution in [-0.4, -0.2) is 57.4 Å². The van der Waals surface area contributed by atoms with Gasteiger partial charge in [0.25, 0.3) is 0 Å². The van der Waals surface area contributed by atoms with Crippen LogP contribution < -0.4 is 5.32 Å². The molecular formula is C7H15NO4. The molecule has 5 atom stereocenters. The van der Waals surface area contributed by atoms with Gasteiger partial charge in [-0.1, -0.05) is 0 Å². The van der Waals surface area contributed by atoms with Crippen LogP contribution in [0.3, 0.4) is 0 Å². The molecule has 0 radical (unpaired) electrons. The van der Waals surface area contributed by atoms with E-state index < -0.39 is 24.4 Å². The van der Waals surface area contributed by atoms with Gasteiger partial charge in [-0.15, -0.1) is 0 Å². The van der Waals surface area contributed by atoms with Crippen LogP contribution in [0.15, 0.2) is 0 Å². The lowest BCUT2D eigenvalue weighted by Gasteiger charge is -2.39. The molecule has 1 rings (SSSR count). The van der Waals surface area contributed by atoms with E-state index in [1.807, 2.05) is 0 Å². The average molecular weight is 177 g/mol. The van der Waals surface area contributed by atoms with Gasteiger partial charge in [-0.2, -0.15) is 0 Å². The van der Waals surface area contributed by atoms with Crippen molar-refractivity contribution in [2.75, 3.05) is 6.61 Å². The Bertz CT molecular complexity index is 150. The van der Waals surface area contributed by atoms with Crippen LogP contribution in [-0.2, 0) is 0 Å². The third-order valence-corrected chi connectivity index (χ3v) is 2.30. The van der Waals surface area contributed by atoms with Crippen molar-refractivity contribution in [2.24, 2.45) is 0 Å². The normalized spacial score (nSPS) is 49.2. The topological polar surface area (TPSA) is 93.0 Å². The second-order valence-electron chi connectivity index (χ2n) is 3.22. The second-order valence-corrected chi connectivity index (χ2v) is 3.22. The Balaban J connectivity index is 2.63. The predicted molar refractivity (Wildman–Crippen MR) is 41.5 cm³/mol. The van der Waals surface area contributed by atoms with Gasteiger partial charge in [-0.05, 0) is 6.92 Å². The standard InChI is InChI=1S/C7H15NO4/c1-3-5(10)7(12)6(11)4(2-9)8-3/h3-12H,2H2,1H3/t3-,4+,5-,6-,7-/m1/s1. The number of rotatable bonds is 1. The lowest BCUT2D eigenvalue weighted by atomic mass is 9.91. The zero-order chi connectivity index (χ0) is 9.30. The van der Waals surface area contributed by atoms with E-state index in [0.29, 0.717) is 0 Å². The lowest BCUT2D eigenvalue weighted by Crippen LogP contribution is -2.64. The van der Waals surface area contributed by atoms with Gasteiger partial charge < -0.3 is 25.7 Å². The molecule has 0 aromatic heterocycles. The molecule has 1 aliphatic rings. The first-order valence-corrected chi connectivity index (χ1v) is 3.99. The van der Waals surface area contributed by atoms with Crippen molar-refractivity contribution >= 4 is 0 Å². The molecule has 0 aromatic rings. The maximum Gasteiger partial charge on any atom is 0.109 e. The molecule has 1 fully saturated rings. The number of nitrogens with one attached hydrogen (secondary N) is 1. The molecule has 0 unspecified atom stereocenters. The zero-order valence-corrected chi connectivity index (χ0v) is 6.88. The molecule has 12 heavy (non-hydrogen) atoms. The highest BCUT2D eigenvalue weighted by Crippen LogP contribution is 2.14. The van der Waals surface area contributed by atoms with Gasteiger partial charge in [-0.25, -0.2) is 0 Å². The molecule has 0 saturated carbocycles. The summed E-state index contributed by atoms with van der Waals surface area (Å²) in [5.74, 6) is 0. The van der Waals surface area contributed by atoms with E-state index in [4.69, 9.17) is 5.11 Å². The third-order valence-electron chi connectivity index (χ3n) is 2.30. The predicted octanol–water partition coefficient (Wildman–Crippen LogP) is -2.58. The Hall–Kier alpha value is -0.200. The van der Waals surface area contributed by atoms with Crippen LogP contribution in [0.25, 0.3) is 0 Å². The van der Waals surface area contributed by atoms with E-state index in [9.17, 15) is 15.3 Å². The summed E-state index contributed by atoms with van der Waals surface area (Å²) >= 11 is 0. The monoisotopic (exact) mass is 177 g/mol. The minimum atomic E-state index is -1.18. The van der Waals surface area contributed by atoms with Crippen LogP contribution >= 0.6 is 0 Å². The van der Waals surface area contributed by atoms with Crippen molar-refractivity contribution in [1.29, 1.82) is 0 Å². The van der Waals surface area contributed by atoms with Crippen LogP contribution in [0.5, 0.6) is 0 Å². The van der Waals surface area contributed by atoms with E-state index >= 15 is 0 Å². The Morgan fingerprint density at radius 2 is 1.67 bits per heavy atom. The highest BCUT2D eigenvalue weighted by atomic mass is 16.4. The quantitative estimate of drug-likeness (QED) is 0.303. The molecule has 1 heterocycles. The molecule has 0 aliphatic carbocycles. The zero-order valence-electron chi connectivity index (χ0n) is 6.88. The van der Waals surface area contributed by atoms with Crippen LogP contribution in [0, 0.1) is 0 Å². The second kappa shape index (κ2) is 3.68. The smallest absolute Gasteiger partial charge is 0.109 e. The minimum Gasteiger partial charge on any atom is -0.395 e. The van der Waals surface area contributed by atoms with Crippen LogP contribution in [0.2, 0.25) is 0 Å². The summed E-state index contributed by atoms with van der Waals surface area (Å²) < 4.78 is 0. The lowest BCUT2D eigenvalue weighted by molar-refractivity contribution is -0.116. The number of piperidine rings is 1. The van der Waals surface area contributed by atoms with Gasteiger partial charge in [0.2, 0.25) is 0 Å². The number of hydrogen-bond acceptors (Lipinski definition) is 5. The van der Waals surface area contributed by atoms with Gasteiger partial charge in [-0.3, -0.25) is 0 Å². The highest BCUT2D eigenvalue weighted by Gasteiger charge is 2.39. The van der Waals surface area contributed by atoms with Crippen molar-refractivity contribution in [3.63, 3.8) is 0 Å². The average Bonchev–Trinajstić information content (AvgIpc) is 2.08. The minimum absolute atomic E-state index is 0.255. The van der Waals surface area contributed by atoms with Crippen molar-refractivity contribution in [2.45, 2.75) is 37.3 Å². The van der Waals surface area contributed by atoms with Crippen LogP contribution in [0.4, 0.5) is 0 Å². The van der Waals surface area contributed by atoms with Gasteiger partial charge in [0, 0.05) is 6.04 Å². The van der Waals surface area contributed by atoms with E-state index in [2.05, 4.69) is 5.32 Å². The summed E-state index contributed by atoms with van der Waals surface area (Å²) in [6, 6.07) is -0.876. The van der Waals surface area contributed by atoms with Gasteiger partial charge >= 0.3 is 0 Å². The molecule has 0 aromatic carbocycles. The maximum atomic E-state index is 9.29. The Labute approximate surface area is 70.6 Å². The summed E-state index contributed by atoms with van der Waals surface area (Å²) in [4.78, 5) is 0. The van der Waals surface area contributed by atoms with Crippen molar-refractivity contribution in [1.82, 2.24) is 5.32 Å². The molecule has 5 nitrogen and oxygen atoms in total. The number of aliphatic hydroxyl groups is 4. The van der Waals surface area contributed by atoms with Gasteiger partial charge in [0.15, 0.2) is 0 Å². The van der Waals surface area contributed by atoms with Crippen molar-refractivity contribution < 1.29 is 20.4 Å². The van der Waals surface area contributed by atoms with Crippen LogP contribution in [0.1, 0.15) is 6.92 Å². The fourth-order valence-corrected chi connectivity index (χ4v) is 1.43. The Morgan fingerprint density at radius 3 is 2.17 bits per heavy atom. The Morgan fingerprint density at radius 1 is 1.08 bits per heavy atom. The first kappa shape index (κ1) is 9.88. The van der Waals surface area contributed by atoms with E-state index in [1.165, 1.54) is 0 Å². The molecule has 72 valence electrons. The van der Waals surface area contributed by atoms with Gasteiger partial charge in [0.1, 0.15) is 6.10 Å². The van der Waals surface area contributed by atoms with E-state index in [0.717, 1.165) is 0 Å².